The number of esters is 1. The van der Waals surface area contributed by atoms with Gasteiger partial charge in [0.2, 0.25) is 0 Å². The summed E-state index contributed by atoms with van der Waals surface area (Å²) < 4.78 is 5.85. The second kappa shape index (κ2) is 5.47. The van der Waals surface area contributed by atoms with Gasteiger partial charge in [0, 0.05) is 0 Å². The van der Waals surface area contributed by atoms with Crippen LogP contribution >= 0.6 is 22.6 Å². The van der Waals surface area contributed by atoms with Gasteiger partial charge in [-0.2, -0.15) is 0 Å². The van der Waals surface area contributed by atoms with E-state index in [0.717, 1.165) is 6.42 Å². The number of rotatable bonds is 5. The van der Waals surface area contributed by atoms with Crippen LogP contribution in [0.15, 0.2) is 12.3 Å². The standard InChI is InChI=1S/C9H16INO2/c1-5-9(3,4)13-8(12)7(2)11-6-10/h11H,2,5-6H2,1,3-4H3. The summed E-state index contributed by atoms with van der Waals surface area (Å²) in [5, 5.41) is 2.81. The number of halogens is 1. The molecule has 0 spiro atoms. The zero-order valence-corrected chi connectivity index (χ0v) is 10.5. The lowest BCUT2D eigenvalue weighted by atomic mass is 10.1. The molecule has 0 rings (SSSR count). The number of carbonyl (C=O) groups is 1. The summed E-state index contributed by atoms with van der Waals surface area (Å²) >= 11 is 2.10. The fourth-order valence-electron chi connectivity index (χ4n) is 0.538. The Kier molecular flexibility index (Phi) is 5.36. The van der Waals surface area contributed by atoms with Crippen LogP contribution in [-0.4, -0.2) is 16.1 Å². The summed E-state index contributed by atoms with van der Waals surface area (Å²) in [6, 6.07) is 0. The Morgan fingerprint density at radius 2 is 2.15 bits per heavy atom. The van der Waals surface area contributed by atoms with Gasteiger partial charge in [-0.15, -0.1) is 0 Å². The van der Waals surface area contributed by atoms with Crippen molar-refractivity contribution in [2.75, 3.05) is 4.55 Å². The minimum absolute atomic E-state index is 0.316. The van der Waals surface area contributed by atoms with Crippen molar-refractivity contribution in [2.45, 2.75) is 32.8 Å². The number of alkyl halides is 1. The Bertz CT molecular complexity index is 202. The molecule has 0 aliphatic heterocycles. The Hall–Kier alpha value is -0.260. The highest BCUT2D eigenvalue weighted by Crippen LogP contribution is 2.14. The van der Waals surface area contributed by atoms with Crippen LogP contribution in [0.2, 0.25) is 0 Å². The van der Waals surface area contributed by atoms with Gasteiger partial charge in [0.25, 0.3) is 0 Å². The number of carbonyl (C=O) groups excluding carboxylic acids is 1. The molecule has 0 bridgehead atoms. The fourth-order valence-corrected chi connectivity index (χ4v) is 0.998. The van der Waals surface area contributed by atoms with E-state index in [-0.39, 0.29) is 5.97 Å². The Morgan fingerprint density at radius 1 is 1.62 bits per heavy atom. The molecule has 13 heavy (non-hydrogen) atoms. The zero-order chi connectivity index (χ0) is 10.5. The number of ether oxygens (including phenoxy) is 1. The molecule has 0 aliphatic carbocycles. The molecule has 0 aromatic heterocycles. The average molecular weight is 297 g/mol. The summed E-state index contributed by atoms with van der Waals surface area (Å²) in [4.78, 5) is 11.3. The van der Waals surface area contributed by atoms with E-state index >= 15 is 0 Å². The van der Waals surface area contributed by atoms with Crippen LogP contribution in [0.3, 0.4) is 0 Å². The Labute approximate surface area is 93.1 Å². The largest absolute Gasteiger partial charge is 0.455 e. The van der Waals surface area contributed by atoms with Gasteiger partial charge >= 0.3 is 5.97 Å². The highest BCUT2D eigenvalue weighted by molar-refractivity contribution is 14.1. The second-order valence-electron chi connectivity index (χ2n) is 3.29. The molecule has 0 saturated carbocycles. The molecule has 4 heteroatoms. The van der Waals surface area contributed by atoms with Gasteiger partial charge in [0.05, 0.1) is 4.55 Å². The third kappa shape index (κ3) is 5.13. The van der Waals surface area contributed by atoms with Crippen LogP contribution in [0, 0.1) is 0 Å². The van der Waals surface area contributed by atoms with E-state index in [0.29, 0.717) is 10.2 Å². The molecule has 0 atom stereocenters. The summed E-state index contributed by atoms with van der Waals surface area (Å²) in [6.45, 7) is 9.30. The molecule has 76 valence electrons. The lowest BCUT2D eigenvalue weighted by Crippen LogP contribution is -2.30. The van der Waals surface area contributed by atoms with Crippen LogP contribution in [0.4, 0.5) is 0 Å². The lowest BCUT2D eigenvalue weighted by Gasteiger charge is -2.23. The highest BCUT2D eigenvalue weighted by Gasteiger charge is 2.21. The Morgan fingerprint density at radius 3 is 2.54 bits per heavy atom. The third-order valence-corrected chi connectivity index (χ3v) is 2.13. The van der Waals surface area contributed by atoms with Crippen molar-refractivity contribution in [1.82, 2.24) is 5.32 Å². The van der Waals surface area contributed by atoms with Gasteiger partial charge in [-0.05, 0) is 20.3 Å². The molecule has 1 N–H and O–H groups in total. The second-order valence-corrected chi connectivity index (χ2v) is 4.05. The molecule has 0 aromatic rings. The molecule has 3 nitrogen and oxygen atoms in total. The van der Waals surface area contributed by atoms with Crippen molar-refractivity contribution in [3.05, 3.63) is 12.3 Å². The SMILES string of the molecule is C=C(NCI)C(=O)OC(C)(C)CC. The highest BCUT2D eigenvalue weighted by atomic mass is 127. The first-order chi connectivity index (χ1) is 5.93. The van der Waals surface area contributed by atoms with E-state index in [1.54, 1.807) is 0 Å². The van der Waals surface area contributed by atoms with Gasteiger partial charge < -0.3 is 10.1 Å². The van der Waals surface area contributed by atoms with Crippen LogP contribution in [0.25, 0.3) is 0 Å². The lowest BCUT2D eigenvalue weighted by molar-refractivity contribution is -0.152. The van der Waals surface area contributed by atoms with Crippen LogP contribution in [0.5, 0.6) is 0 Å². The number of hydrogen-bond donors (Lipinski definition) is 1. The van der Waals surface area contributed by atoms with Gasteiger partial charge in [-0.25, -0.2) is 4.79 Å². The van der Waals surface area contributed by atoms with Crippen molar-refractivity contribution in [3.63, 3.8) is 0 Å². The summed E-state index contributed by atoms with van der Waals surface area (Å²) in [5.41, 5.74) is -0.0941. The predicted octanol–water partition coefficient (Wildman–Crippen LogP) is 2.21. The van der Waals surface area contributed by atoms with Crippen molar-refractivity contribution in [3.8, 4) is 0 Å². The summed E-state index contributed by atoms with van der Waals surface area (Å²) in [5.74, 6) is -0.372. The maximum absolute atomic E-state index is 11.3. The third-order valence-electron chi connectivity index (χ3n) is 1.75. The molecule has 0 aromatic carbocycles. The predicted molar refractivity (Wildman–Crippen MR) is 61.6 cm³/mol. The fraction of sp³-hybridized carbons (Fsp3) is 0.667. The van der Waals surface area contributed by atoms with E-state index < -0.39 is 5.60 Å². The topological polar surface area (TPSA) is 38.3 Å². The minimum Gasteiger partial charge on any atom is -0.455 e. The van der Waals surface area contributed by atoms with Gasteiger partial charge in [-0.3, -0.25) is 0 Å². The first-order valence-electron chi connectivity index (χ1n) is 4.15. The minimum atomic E-state index is -0.410. The van der Waals surface area contributed by atoms with Crippen molar-refractivity contribution < 1.29 is 9.53 Å². The molecular weight excluding hydrogens is 281 g/mol. The molecule has 0 amide bonds. The molecule has 0 radical (unpaired) electrons. The van der Waals surface area contributed by atoms with Crippen molar-refractivity contribution in [1.29, 1.82) is 0 Å². The monoisotopic (exact) mass is 297 g/mol. The summed E-state index contributed by atoms with van der Waals surface area (Å²) in [6.07, 6.45) is 0.788. The average Bonchev–Trinajstić information content (AvgIpc) is 2.04. The van der Waals surface area contributed by atoms with Gasteiger partial charge in [0.1, 0.15) is 11.3 Å². The Balaban J connectivity index is 4.07. The van der Waals surface area contributed by atoms with Gasteiger partial charge in [-0.1, -0.05) is 36.1 Å². The van der Waals surface area contributed by atoms with Crippen LogP contribution in [-0.2, 0) is 9.53 Å². The number of hydrogen-bond acceptors (Lipinski definition) is 3. The van der Waals surface area contributed by atoms with E-state index in [4.69, 9.17) is 4.74 Å². The smallest absolute Gasteiger partial charge is 0.354 e. The molecule has 0 heterocycles. The molecule has 0 fully saturated rings. The molecule has 0 saturated heterocycles. The maximum atomic E-state index is 11.3. The van der Waals surface area contributed by atoms with Crippen molar-refractivity contribution in [2.24, 2.45) is 0 Å². The van der Waals surface area contributed by atoms with E-state index in [1.165, 1.54) is 0 Å². The normalized spacial score (nSPS) is 10.8. The quantitative estimate of drug-likeness (QED) is 0.278. The van der Waals surface area contributed by atoms with E-state index in [9.17, 15) is 4.79 Å². The molecular formula is C9H16INO2. The summed E-state index contributed by atoms with van der Waals surface area (Å²) in [7, 11) is 0. The van der Waals surface area contributed by atoms with Gasteiger partial charge in [0.15, 0.2) is 0 Å². The number of nitrogens with one attached hydrogen (secondary N) is 1. The maximum Gasteiger partial charge on any atom is 0.354 e. The molecule has 0 unspecified atom stereocenters. The van der Waals surface area contributed by atoms with Crippen molar-refractivity contribution >= 4 is 28.6 Å². The first kappa shape index (κ1) is 12.7. The van der Waals surface area contributed by atoms with E-state index in [1.807, 2.05) is 20.8 Å². The zero-order valence-electron chi connectivity index (χ0n) is 8.32. The van der Waals surface area contributed by atoms with Crippen LogP contribution < -0.4 is 5.32 Å². The molecule has 0 aliphatic rings. The van der Waals surface area contributed by atoms with Crippen LogP contribution in [0.1, 0.15) is 27.2 Å². The van der Waals surface area contributed by atoms with E-state index in [2.05, 4.69) is 34.5 Å². The first-order valence-corrected chi connectivity index (χ1v) is 5.67.